The van der Waals surface area contributed by atoms with Crippen molar-refractivity contribution in [2.45, 2.75) is 32.6 Å². The van der Waals surface area contributed by atoms with Crippen molar-refractivity contribution < 1.29 is 4.79 Å². The highest BCUT2D eigenvalue weighted by molar-refractivity contribution is 6.36. The summed E-state index contributed by atoms with van der Waals surface area (Å²) in [7, 11) is 0. The van der Waals surface area contributed by atoms with Gasteiger partial charge in [0.15, 0.2) is 0 Å². The summed E-state index contributed by atoms with van der Waals surface area (Å²) in [6.07, 6.45) is 6.97. The molecule has 5 nitrogen and oxygen atoms in total. The van der Waals surface area contributed by atoms with Gasteiger partial charge in [0.05, 0.1) is 11.8 Å². The average molecular weight is 443 g/mol. The first-order valence-corrected chi connectivity index (χ1v) is 10.4. The number of rotatable bonds is 10. The maximum absolute atomic E-state index is 10.3. The summed E-state index contributed by atoms with van der Waals surface area (Å²) in [6.45, 7) is 6.67. The van der Waals surface area contributed by atoms with Crippen molar-refractivity contribution in [1.82, 2.24) is 10.7 Å². The summed E-state index contributed by atoms with van der Waals surface area (Å²) >= 11 is 12.6. The third-order valence-electron chi connectivity index (χ3n) is 4.66. The van der Waals surface area contributed by atoms with Crippen LogP contribution in [0.5, 0.6) is 0 Å². The zero-order valence-electron chi connectivity index (χ0n) is 16.8. The zero-order chi connectivity index (χ0) is 21.9. The van der Waals surface area contributed by atoms with Crippen molar-refractivity contribution in [2.75, 3.05) is 6.54 Å². The van der Waals surface area contributed by atoms with Crippen LogP contribution in [0.25, 0.3) is 5.57 Å². The normalized spacial score (nSPS) is 14.7. The Balaban J connectivity index is 2.02. The lowest BCUT2D eigenvalue weighted by molar-refractivity contribution is -0.109. The number of hydrogen-bond acceptors (Lipinski definition) is 4. The first kappa shape index (κ1) is 23.5. The smallest absolute Gasteiger partial charge is 0.227 e. The Morgan fingerprint density at radius 2 is 2.07 bits per heavy atom. The molecule has 0 radical (unpaired) electrons. The van der Waals surface area contributed by atoms with E-state index in [9.17, 15) is 10.1 Å². The molecule has 0 aliphatic heterocycles. The van der Waals surface area contributed by atoms with Gasteiger partial charge < -0.3 is 5.32 Å². The van der Waals surface area contributed by atoms with Crippen molar-refractivity contribution >= 4 is 41.4 Å². The molecule has 0 saturated carbocycles. The molecule has 30 heavy (non-hydrogen) atoms. The zero-order valence-corrected chi connectivity index (χ0v) is 18.4. The van der Waals surface area contributed by atoms with Gasteiger partial charge in [-0.15, -0.1) is 0 Å². The predicted octanol–water partition coefficient (Wildman–Crippen LogP) is 5.16. The van der Waals surface area contributed by atoms with E-state index >= 15 is 0 Å². The Bertz CT molecular complexity index is 950. The van der Waals surface area contributed by atoms with E-state index in [0.717, 1.165) is 52.3 Å². The van der Waals surface area contributed by atoms with Crippen LogP contribution in [0.4, 0.5) is 0 Å². The van der Waals surface area contributed by atoms with Gasteiger partial charge in [-0.25, -0.2) is 5.43 Å². The molecule has 156 valence electrons. The standard InChI is InChI=1S/C23H24Cl2N4O/c1-3-18(14-28-29-15-30)20(13-26)19-9-7-17(8-10-19)11-12-27-16(2)23-21(24)5-4-6-22(23)25/h5,7-10,14-15,27H,2-4,6,11-12H2,1H3,(H,29,30)/b20-18+,28-14-. The van der Waals surface area contributed by atoms with E-state index in [1.807, 2.05) is 37.3 Å². The molecule has 1 aromatic rings. The molecule has 0 heterocycles. The number of allylic oxidation sites excluding steroid dienone is 5. The highest BCUT2D eigenvalue weighted by Gasteiger charge is 2.16. The Kier molecular flexibility index (Phi) is 9.40. The average Bonchev–Trinajstić information content (AvgIpc) is 2.74. The van der Waals surface area contributed by atoms with Crippen LogP contribution in [0, 0.1) is 11.3 Å². The largest absolute Gasteiger partial charge is 0.385 e. The Morgan fingerprint density at radius 3 is 2.67 bits per heavy atom. The fraction of sp³-hybridized carbons (Fsp3) is 0.261. The quantitative estimate of drug-likeness (QED) is 0.227. The lowest BCUT2D eigenvalue weighted by atomic mass is 9.98. The minimum Gasteiger partial charge on any atom is -0.385 e. The molecule has 0 aromatic heterocycles. The Morgan fingerprint density at radius 1 is 1.33 bits per heavy atom. The van der Waals surface area contributed by atoms with Crippen LogP contribution in [-0.2, 0) is 11.2 Å². The summed E-state index contributed by atoms with van der Waals surface area (Å²) in [5.74, 6) is 0. The number of nitriles is 1. The van der Waals surface area contributed by atoms with Crippen molar-refractivity contribution in [1.29, 1.82) is 5.26 Å². The maximum atomic E-state index is 10.3. The highest BCUT2D eigenvalue weighted by Crippen LogP contribution is 2.33. The van der Waals surface area contributed by atoms with Gasteiger partial charge >= 0.3 is 0 Å². The maximum Gasteiger partial charge on any atom is 0.227 e. The molecule has 1 amide bonds. The fourth-order valence-corrected chi connectivity index (χ4v) is 3.78. The minimum atomic E-state index is 0.482. The van der Waals surface area contributed by atoms with E-state index in [4.69, 9.17) is 23.2 Å². The summed E-state index contributed by atoms with van der Waals surface area (Å²) < 4.78 is 0. The van der Waals surface area contributed by atoms with E-state index in [2.05, 4.69) is 28.5 Å². The SMILES string of the molecule is C=C(NCCc1ccc(/C(C#N)=C(/C=N\NC=O)CC)cc1)C1=C(Cl)CCC=C1Cl. The van der Waals surface area contributed by atoms with Crippen molar-refractivity contribution in [3.8, 4) is 6.07 Å². The summed E-state index contributed by atoms with van der Waals surface area (Å²) in [4.78, 5) is 10.3. The van der Waals surface area contributed by atoms with Crippen molar-refractivity contribution in [3.05, 3.63) is 75.0 Å². The number of hydrazone groups is 1. The number of amides is 1. The van der Waals surface area contributed by atoms with E-state index in [1.54, 1.807) is 0 Å². The second-order valence-electron chi connectivity index (χ2n) is 6.59. The first-order chi connectivity index (χ1) is 14.5. The second kappa shape index (κ2) is 12.0. The van der Waals surface area contributed by atoms with Crippen LogP contribution in [0.2, 0.25) is 0 Å². The van der Waals surface area contributed by atoms with E-state index < -0.39 is 0 Å². The molecule has 0 spiro atoms. The highest BCUT2D eigenvalue weighted by atomic mass is 35.5. The molecule has 2 N–H and O–H groups in total. The second-order valence-corrected chi connectivity index (χ2v) is 7.46. The van der Waals surface area contributed by atoms with Crippen LogP contribution in [0.15, 0.2) is 68.9 Å². The molecule has 2 rings (SSSR count). The monoisotopic (exact) mass is 442 g/mol. The van der Waals surface area contributed by atoms with Crippen LogP contribution in [-0.4, -0.2) is 19.2 Å². The van der Waals surface area contributed by atoms with Gasteiger partial charge in [0.1, 0.15) is 6.07 Å². The number of carbonyl (C=O) groups excluding carboxylic acids is 1. The number of benzene rings is 1. The lowest BCUT2D eigenvalue weighted by Gasteiger charge is -2.18. The number of carbonyl (C=O) groups is 1. The molecule has 1 aromatic carbocycles. The van der Waals surface area contributed by atoms with Crippen LogP contribution < -0.4 is 10.7 Å². The first-order valence-electron chi connectivity index (χ1n) is 9.64. The molecule has 0 bridgehead atoms. The number of nitrogens with one attached hydrogen (secondary N) is 2. The van der Waals surface area contributed by atoms with Crippen molar-refractivity contribution in [3.63, 3.8) is 0 Å². The van der Waals surface area contributed by atoms with Crippen LogP contribution in [0.3, 0.4) is 0 Å². The summed E-state index contributed by atoms with van der Waals surface area (Å²) in [5, 5.41) is 18.0. The van der Waals surface area contributed by atoms with Gasteiger partial charge in [-0.2, -0.15) is 10.4 Å². The van der Waals surface area contributed by atoms with Gasteiger partial charge in [-0.3, -0.25) is 4.79 Å². The Labute approximate surface area is 187 Å². The number of hydrogen-bond donors (Lipinski definition) is 2. The molecule has 0 fully saturated rings. The molecule has 1 aliphatic rings. The molecular formula is C23H24Cl2N4O. The summed E-state index contributed by atoms with van der Waals surface area (Å²) in [6, 6.07) is 10.0. The lowest BCUT2D eigenvalue weighted by Crippen LogP contribution is -2.18. The van der Waals surface area contributed by atoms with E-state index in [0.29, 0.717) is 30.0 Å². The minimum absolute atomic E-state index is 0.482. The Hall–Kier alpha value is -2.81. The fourth-order valence-electron chi connectivity index (χ4n) is 3.07. The third-order valence-corrected chi connectivity index (χ3v) is 5.38. The van der Waals surface area contributed by atoms with Gasteiger partial charge in [0.25, 0.3) is 0 Å². The van der Waals surface area contributed by atoms with Crippen LogP contribution >= 0.6 is 23.2 Å². The number of nitrogens with zero attached hydrogens (tertiary/aromatic N) is 2. The number of halogens is 2. The molecular weight excluding hydrogens is 419 g/mol. The topological polar surface area (TPSA) is 77.3 Å². The molecule has 7 heteroatoms. The molecule has 0 unspecified atom stereocenters. The van der Waals surface area contributed by atoms with Crippen molar-refractivity contribution in [2.24, 2.45) is 5.10 Å². The summed E-state index contributed by atoms with van der Waals surface area (Å²) in [5.41, 5.74) is 6.96. The molecule has 0 saturated heterocycles. The molecule has 0 atom stereocenters. The van der Waals surface area contributed by atoms with Gasteiger partial charge in [-0.05, 0) is 42.4 Å². The van der Waals surface area contributed by atoms with Gasteiger partial charge in [0.2, 0.25) is 6.41 Å². The predicted molar refractivity (Wildman–Crippen MR) is 124 cm³/mol. The van der Waals surface area contributed by atoms with Crippen LogP contribution in [0.1, 0.15) is 37.3 Å². The third kappa shape index (κ3) is 6.35. The van der Waals surface area contributed by atoms with Gasteiger partial charge in [0, 0.05) is 27.9 Å². The molecule has 1 aliphatic carbocycles. The van der Waals surface area contributed by atoms with Gasteiger partial charge in [-0.1, -0.05) is 67.0 Å². The van der Waals surface area contributed by atoms with E-state index in [-0.39, 0.29) is 0 Å². The van der Waals surface area contributed by atoms with E-state index in [1.165, 1.54) is 6.21 Å².